The average Bonchev–Trinajstić information content (AvgIpc) is 2.93. The van der Waals surface area contributed by atoms with Crippen LogP contribution in [0.3, 0.4) is 0 Å². The number of hydrogen-bond donors (Lipinski definition) is 1. The van der Waals surface area contributed by atoms with Crippen LogP contribution in [0.5, 0.6) is 0 Å². The Morgan fingerprint density at radius 1 is 1.46 bits per heavy atom. The quantitative estimate of drug-likeness (QED) is 0.617. The number of aliphatic hydroxyl groups excluding tert-OH is 1. The van der Waals surface area contributed by atoms with Crippen molar-refractivity contribution in [3.8, 4) is 6.07 Å². The van der Waals surface area contributed by atoms with Crippen molar-refractivity contribution >= 4 is 12.1 Å². The molecule has 1 aromatic carbocycles. The van der Waals surface area contributed by atoms with E-state index < -0.39 is 29.6 Å². The molecule has 0 spiro atoms. The van der Waals surface area contributed by atoms with Crippen molar-refractivity contribution in [2.75, 3.05) is 13.7 Å². The van der Waals surface area contributed by atoms with Gasteiger partial charge in [0.05, 0.1) is 25.8 Å². The van der Waals surface area contributed by atoms with Crippen LogP contribution >= 0.6 is 0 Å². The first-order chi connectivity index (χ1) is 12.5. The number of aliphatic hydroxyl groups is 1. The van der Waals surface area contributed by atoms with Crippen molar-refractivity contribution in [3.05, 3.63) is 48.6 Å². The zero-order valence-electron chi connectivity index (χ0n) is 14.6. The van der Waals surface area contributed by atoms with E-state index >= 15 is 0 Å². The maximum absolute atomic E-state index is 12.6. The van der Waals surface area contributed by atoms with Gasteiger partial charge in [0.1, 0.15) is 12.6 Å². The molecule has 1 aliphatic rings. The summed E-state index contributed by atoms with van der Waals surface area (Å²) in [7, 11) is 1.20. The van der Waals surface area contributed by atoms with Crippen LogP contribution in [-0.4, -0.2) is 47.9 Å². The molecule has 0 radical (unpaired) electrons. The molecule has 1 aromatic rings. The highest BCUT2D eigenvalue weighted by Gasteiger charge is 2.58. The minimum Gasteiger partial charge on any atom is -0.467 e. The largest absolute Gasteiger partial charge is 0.467 e. The summed E-state index contributed by atoms with van der Waals surface area (Å²) < 4.78 is 10.1. The lowest BCUT2D eigenvalue weighted by Gasteiger charge is -2.34. The molecule has 1 N–H and O–H groups in total. The van der Waals surface area contributed by atoms with Gasteiger partial charge >= 0.3 is 12.1 Å². The summed E-state index contributed by atoms with van der Waals surface area (Å²) >= 11 is 0. The molecule has 1 saturated heterocycles. The van der Waals surface area contributed by atoms with Crippen molar-refractivity contribution in [1.82, 2.24) is 4.90 Å². The standard InChI is InChI=1S/C19H22N2O5/c1-3-9-19(10-11-20)15(22)12-21(16(19)17(23)25-2)18(24)26-13-14-7-5-4-6-8-14/h3-8,15-16,22H,1,9-10,12-13H2,2H3. The predicted molar refractivity (Wildman–Crippen MR) is 92.6 cm³/mol. The Hall–Kier alpha value is -2.85. The second-order valence-electron chi connectivity index (χ2n) is 6.19. The number of rotatable bonds is 6. The van der Waals surface area contributed by atoms with Gasteiger partial charge in [-0.2, -0.15) is 5.26 Å². The maximum Gasteiger partial charge on any atom is 0.410 e. The number of allylic oxidation sites excluding steroid dienone is 1. The molecule has 1 heterocycles. The van der Waals surface area contributed by atoms with Gasteiger partial charge in [-0.15, -0.1) is 6.58 Å². The first-order valence-corrected chi connectivity index (χ1v) is 8.21. The van der Waals surface area contributed by atoms with Gasteiger partial charge in [-0.05, 0) is 12.0 Å². The predicted octanol–water partition coefficient (Wildman–Crippen LogP) is 2.02. The molecule has 7 heteroatoms. The summed E-state index contributed by atoms with van der Waals surface area (Å²) in [4.78, 5) is 26.1. The number of carbonyl (C=O) groups excluding carboxylic acids is 2. The zero-order chi connectivity index (χ0) is 19.2. The fourth-order valence-electron chi connectivity index (χ4n) is 3.37. The molecule has 138 valence electrons. The van der Waals surface area contributed by atoms with Gasteiger partial charge in [-0.1, -0.05) is 36.4 Å². The minimum absolute atomic E-state index is 0.0346. The van der Waals surface area contributed by atoms with E-state index in [-0.39, 0.29) is 26.0 Å². The molecule has 1 fully saturated rings. The summed E-state index contributed by atoms with van der Waals surface area (Å²) in [6.45, 7) is 3.56. The average molecular weight is 358 g/mol. The summed E-state index contributed by atoms with van der Waals surface area (Å²) in [5.41, 5.74) is -0.375. The summed E-state index contributed by atoms with van der Waals surface area (Å²) in [5, 5.41) is 19.8. The molecule has 0 saturated carbocycles. The van der Waals surface area contributed by atoms with Crippen LogP contribution in [0.2, 0.25) is 0 Å². The topological polar surface area (TPSA) is 99.9 Å². The number of carbonyl (C=O) groups is 2. The zero-order valence-corrected chi connectivity index (χ0v) is 14.6. The highest BCUT2D eigenvalue weighted by Crippen LogP contribution is 2.44. The van der Waals surface area contributed by atoms with Crippen molar-refractivity contribution in [3.63, 3.8) is 0 Å². The van der Waals surface area contributed by atoms with Crippen molar-refractivity contribution < 1.29 is 24.2 Å². The molecule has 3 unspecified atom stereocenters. The Balaban J connectivity index is 2.25. The Bertz CT molecular complexity index is 700. The van der Waals surface area contributed by atoms with Gasteiger partial charge in [0.2, 0.25) is 0 Å². The molecule has 1 amide bonds. The number of ether oxygens (including phenoxy) is 2. The minimum atomic E-state index is -1.17. The van der Waals surface area contributed by atoms with Crippen LogP contribution in [-0.2, 0) is 20.9 Å². The first kappa shape index (κ1) is 19.5. The van der Waals surface area contributed by atoms with Gasteiger partial charge < -0.3 is 14.6 Å². The molecule has 0 bridgehead atoms. The number of nitrogens with zero attached hydrogens (tertiary/aromatic N) is 2. The lowest BCUT2D eigenvalue weighted by Crippen LogP contribution is -2.50. The summed E-state index contributed by atoms with van der Waals surface area (Å²) in [5.74, 6) is -0.699. The van der Waals surface area contributed by atoms with Crippen molar-refractivity contribution in [1.29, 1.82) is 5.26 Å². The number of methoxy groups -OCH3 is 1. The summed E-state index contributed by atoms with van der Waals surface area (Å²) in [6.07, 6.45) is -0.234. The number of hydrogen-bond acceptors (Lipinski definition) is 6. The highest BCUT2D eigenvalue weighted by atomic mass is 16.6. The Kier molecular flexibility index (Phi) is 6.36. The van der Waals surface area contributed by atoms with E-state index in [1.54, 1.807) is 0 Å². The van der Waals surface area contributed by atoms with Crippen LogP contribution in [0.25, 0.3) is 0 Å². The maximum atomic E-state index is 12.6. The van der Waals surface area contributed by atoms with Crippen LogP contribution in [0.15, 0.2) is 43.0 Å². The number of likely N-dealkylation sites (tertiary alicyclic amines) is 1. The number of β-amino-alcohol motifs (C(OH)–C–C–N with tert-alkyl or cyclic N) is 1. The molecular weight excluding hydrogens is 336 g/mol. The Morgan fingerprint density at radius 2 is 2.15 bits per heavy atom. The smallest absolute Gasteiger partial charge is 0.410 e. The van der Waals surface area contributed by atoms with E-state index in [4.69, 9.17) is 9.47 Å². The second kappa shape index (κ2) is 8.50. The van der Waals surface area contributed by atoms with Crippen LogP contribution in [0.4, 0.5) is 4.79 Å². The molecule has 26 heavy (non-hydrogen) atoms. The van der Waals surface area contributed by atoms with E-state index in [1.165, 1.54) is 13.2 Å². The van der Waals surface area contributed by atoms with Gasteiger partial charge in [-0.25, -0.2) is 9.59 Å². The number of amides is 1. The van der Waals surface area contributed by atoms with Gasteiger partial charge in [0.15, 0.2) is 0 Å². The third kappa shape index (κ3) is 3.70. The second-order valence-corrected chi connectivity index (χ2v) is 6.19. The van der Waals surface area contributed by atoms with Gasteiger partial charge in [-0.3, -0.25) is 4.90 Å². The SMILES string of the molecule is C=CCC1(CC#N)C(O)CN(C(=O)OCc2ccccc2)C1C(=O)OC. The first-order valence-electron chi connectivity index (χ1n) is 8.21. The van der Waals surface area contributed by atoms with E-state index in [1.807, 2.05) is 36.4 Å². The molecule has 0 aliphatic carbocycles. The molecular formula is C19H22N2O5. The molecule has 7 nitrogen and oxygen atoms in total. The highest BCUT2D eigenvalue weighted by molar-refractivity contribution is 5.83. The van der Waals surface area contributed by atoms with E-state index in [0.29, 0.717) is 0 Å². The molecule has 0 aromatic heterocycles. The fourth-order valence-corrected chi connectivity index (χ4v) is 3.37. The van der Waals surface area contributed by atoms with Crippen LogP contribution < -0.4 is 0 Å². The Morgan fingerprint density at radius 3 is 2.73 bits per heavy atom. The van der Waals surface area contributed by atoms with Gasteiger partial charge in [0.25, 0.3) is 0 Å². The third-order valence-electron chi connectivity index (χ3n) is 4.69. The monoisotopic (exact) mass is 358 g/mol. The molecule has 2 rings (SSSR count). The van der Waals surface area contributed by atoms with Crippen molar-refractivity contribution in [2.45, 2.75) is 31.6 Å². The van der Waals surface area contributed by atoms with Gasteiger partial charge in [0, 0.05) is 11.8 Å². The van der Waals surface area contributed by atoms with Crippen LogP contribution in [0.1, 0.15) is 18.4 Å². The lowest BCUT2D eigenvalue weighted by molar-refractivity contribution is -0.150. The number of nitriles is 1. The number of esters is 1. The molecule has 3 atom stereocenters. The third-order valence-corrected chi connectivity index (χ3v) is 4.69. The molecule has 1 aliphatic heterocycles. The lowest BCUT2D eigenvalue weighted by atomic mass is 9.73. The summed E-state index contributed by atoms with van der Waals surface area (Å²) in [6, 6.07) is 9.98. The van der Waals surface area contributed by atoms with E-state index in [0.717, 1.165) is 10.5 Å². The van der Waals surface area contributed by atoms with Crippen molar-refractivity contribution in [2.24, 2.45) is 5.41 Å². The normalized spacial score (nSPS) is 24.6. The Labute approximate surface area is 152 Å². The van der Waals surface area contributed by atoms with Crippen LogP contribution in [0, 0.1) is 16.7 Å². The van der Waals surface area contributed by atoms with E-state index in [9.17, 15) is 20.0 Å². The fraction of sp³-hybridized carbons (Fsp3) is 0.421. The number of benzene rings is 1. The van der Waals surface area contributed by atoms with E-state index in [2.05, 4.69) is 6.58 Å².